The van der Waals surface area contributed by atoms with Gasteiger partial charge in [0.1, 0.15) is 5.82 Å². The first kappa shape index (κ1) is 13.7. The predicted molar refractivity (Wildman–Crippen MR) is 70.0 cm³/mol. The lowest BCUT2D eigenvalue weighted by atomic mass is 10.1. The minimum atomic E-state index is -0.232. The fraction of sp³-hybridized carbons (Fsp3) is 0.615. The van der Waals surface area contributed by atoms with Crippen molar-refractivity contribution in [3.05, 3.63) is 27.4 Å². The Morgan fingerprint density at radius 1 is 1.53 bits per heavy atom. The zero-order valence-electron chi connectivity index (χ0n) is 11.3. The largest absolute Gasteiger partial charge is 0.381 e. The van der Waals surface area contributed by atoms with Crippen LogP contribution in [0.3, 0.4) is 0 Å². The highest BCUT2D eigenvalue weighted by molar-refractivity contribution is 5.78. The third-order valence-electron chi connectivity index (χ3n) is 3.29. The van der Waals surface area contributed by atoms with Gasteiger partial charge in [0.25, 0.3) is 5.56 Å². The van der Waals surface area contributed by atoms with E-state index in [1.54, 1.807) is 13.8 Å². The lowest BCUT2D eigenvalue weighted by molar-refractivity contribution is -0.120. The zero-order valence-corrected chi connectivity index (χ0v) is 11.3. The number of aryl methyl sites for hydroxylation is 2. The van der Waals surface area contributed by atoms with E-state index in [4.69, 9.17) is 4.74 Å². The van der Waals surface area contributed by atoms with Crippen LogP contribution in [0.2, 0.25) is 0 Å². The molecule has 0 spiro atoms. The van der Waals surface area contributed by atoms with Gasteiger partial charge in [-0.05, 0) is 20.3 Å². The standard InChI is InChI=1S/C13H19N3O3/c1-8-11(13(18)16-9(2)15-8)5-12(17)14-6-10-3-4-19-7-10/h10H,3-7H2,1-2H3,(H,14,17)(H,15,16,18). The van der Waals surface area contributed by atoms with Crippen molar-refractivity contribution in [1.29, 1.82) is 0 Å². The Balaban J connectivity index is 1.93. The van der Waals surface area contributed by atoms with E-state index < -0.39 is 0 Å². The smallest absolute Gasteiger partial charge is 0.254 e. The Bertz CT molecular complexity index is 518. The van der Waals surface area contributed by atoms with Gasteiger partial charge in [-0.1, -0.05) is 0 Å². The van der Waals surface area contributed by atoms with Gasteiger partial charge < -0.3 is 15.0 Å². The van der Waals surface area contributed by atoms with Crippen LogP contribution < -0.4 is 10.9 Å². The molecule has 1 fully saturated rings. The highest BCUT2D eigenvalue weighted by atomic mass is 16.5. The fourth-order valence-electron chi connectivity index (χ4n) is 2.18. The normalized spacial score (nSPS) is 18.5. The van der Waals surface area contributed by atoms with Gasteiger partial charge >= 0.3 is 0 Å². The number of nitrogens with one attached hydrogen (secondary N) is 2. The monoisotopic (exact) mass is 265 g/mol. The van der Waals surface area contributed by atoms with Gasteiger partial charge in [0.05, 0.1) is 13.0 Å². The Hall–Kier alpha value is -1.69. The number of hydrogen-bond acceptors (Lipinski definition) is 4. The van der Waals surface area contributed by atoms with Crippen molar-refractivity contribution in [3.63, 3.8) is 0 Å². The molecule has 0 saturated carbocycles. The van der Waals surface area contributed by atoms with Crippen molar-refractivity contribution in [2.45, 2.75) is 26.7 Å². The summed E-state index contributed by atoms with van der Waals surface area (Å²) in [6.07, 6.45) is 1.05. The molecule has 2 N–H and O–H groups in total. The van der Waals surface area contributed by atoms with Crippen LogP contribution in [0.25, 0.3) is 0 Å². The Morgan fingerprint density at radius 2 is 2.32 bits per heavy atom. The average Bonchev–Trinajstić information content (AvgIpc) is 2.84. The number of amides is 1. The molecule has 1 aliphatic rings. The SMILES string of the molecule is Cc1nc(C)c(CC(=O)NCC2CCOC2)c(=O)[nH]1. The highest BCUT2D eigenvalue weighted by Gasteiger charge is 2.17. The van der Waals surface area contributed by atoms with Crippen LogP contribution in [-0.2, 0) is 16.0 Å². The fourth-order valence-corrected chi connectivity index (χ4v) is 2.18. The zero-order chi connectivity index (χ0) is 13.8. The van der Waals surface area contributed by atoms with Crippen LogP contribution in [0, 0.1) is 19.8 Å². The van der Waals surface area contributed by atoms with Gasteiger partial charge in [-0.2, -0.15) is 0 Å². The molecule has 1 saturated heterocycles. The maximum atomic E-state index is 11.8. The van der Waals surface area contributed by atoms with Crippen molar-refractivity contribution >= 4 is 5.91 Å². The van der Waals surface area contributed by atoms with Gasteiger partial charge in [-0.3, -0.25) is 9.59 Å². The maximum absolute atomic E-state index is 11.8. The van der Waals surface area contributed by atoms with Gasteiger partial charge in [0, 0.05) is 30.3 Å². The van der Waals surface area contributed by atoms with Crippen LogP contribution in [0.1, 0.15) is 23.5 Å². The number of carbonyl (C=O) groups is 1. The van der Waals surface area contributed by atoms with E-state index in [1.165, 1.54) is 0 Å². The molecule has 1 unspecified atom stereocenters. The van der Waals surface area contributed by atoms with Crippen LogP contribution in [-0.4, -0.2) is 35.6 Å². The van der Waals surface area contributed by atoms with E-state index in [-0.39, 0.29) is 17.9 Å². The lowest BCUT2D eigenvalue weighted by Crippen LogP contribution is -2.33. The summed E-state index contributed by atoms with van der Waals surface area (Å²) in [5, 5.41) is 2.84. The first-order valence-corrected chi connectivity index (χ1v) is 6.47. The molecule has 1 aromatic rings. The maximum Gasteiger partial charge on any atom is 0.254 e. The molecule has 0 radical (unpaired) electrons. The molecule has 2 heterocycles. The molecule has 2 rings (SSSR count). The Labute approximate surface area is 111 Å². The number of ether oxygens (including phenoxy) is 1. The molecule has 19 heavy (non-hydrogen) atoms. The number of aromatic amines is 1. The number of aromatic nitrogens is 2. The van der Waals surface area contributed by atoms with E-state index in [2.05, 4.69) is 15.3 Å². The summed E-state index contributed by atoms with van der Waals surface area (Å²) in [7, 11) is 0. The number of hydrogen-bond donors (Lipinski definition) is 2. The summed E-state index contributed by atoms with van der Waals surface area (Å²) in [6, 6.07) is 0. The van der Waals surface area contributed by atoms with Gasteiger partial charge in [-0.25, -0.2) is 4.98 Å². The number of carbonyl (C=O) groups excluding carboxylic acids is 1. The van der Waals surface area contributed by atoms with E-state index >= 15 is 0 Å². The van der Waals surface area contributed by atoms with Gasteiger partial charge in [-0.15, -0.1) is 0 Å². The Morgan fingerprint density at radius 3 is 2.95 bits per heavy atom. The van der Waals surface area contributed by atoms with Crippen molar-refractivity contribution in [2.24, 2.45) is 5.92 Å². The first-order valence-electron chi connectivity index (χ1n) is 6.47. The third kappa shape index (κ3) is 3.64. The minimum Gasteiger partial charge on any atom is -0.381 e. The summed E-state index contributed by atoms with van der Waals surface area (Å²) in [5.74, 6) is 0.806. The summed E-state index contributed by atoms with van der Waals surface area (Å²) >= 11 is 0. The average molecular weight is 265 g/mol. The molecule has 6 heteroatoms. The molecule has 0 aromatic carbocycles. The van der Waals surface area contributed by atoms with Crippen LogP contribution in [0.4, 0.5) is 0 Å². The van der Waals surface area contributed by atoms with Crippen LogP contribution in [0.5, 0.6) is 0 Å². The van der Waals surface area contributed by atoms with Crippen LogP contribution >= 0.6 is 0 Å². The van der Waals surface area contributed by atoms with E-state index in [9.17, 15) is 9.59 Å². The number of rotatable bonds is 4. The summed E-state index contributed by atoms with van der Waals surface area (Å²) in [4.78, 5) is 30.4. The third-order valence-corrected chi connectivity index (χ3v) is 3.29. The molecule has 1 atom stereocenters. The topological polar surface area (TPSA) is 84.1 Å². The molecule has 1 aromatic heterocycles. The molecule has 1 aliphatic heterocycles. The van der Waals surface area contributed by atoms with Crippen molar-refractivity contribution in [2.75, 3.05) is 19.8 Å². The lowest BCUT2D eigenvalue weighted by Gasteiger charge is -2.10. The molecule has 6 nitrogen and oxygen atoms in total. The highest BCUT2D eigenvalue weighted by Crippen LogP contribution is 2.10. The number of nitrogens with zero attached hydrogens (tertiary/aromatic N) is 1. The van der Waals surface area contributed by atoms with E-state index in [1.807, 2.05) is 0 Å². The Kier molecular flexibility index (Phi) is 4.31. The van der Waals surface area contributed by atoms with Crippen molar-refractivity contribution in [1.82, 2.24) is 15.3 Å². The van der Waals surface area contributed by atoms with E-state index in [0.29, 0.717) is 36.2 Å². The summed E-state index contributed by atoms with van der Waals surface area (Å²) in [6.45, 7) is 5.54. The van der Waals surface area contributed by atoms with Gasteiger partial charge in [0.15, 0.2) is 0 Å². The molecule has 1 amide bonds. The van der Waals surface area contributed by atoms with Crippen molar-refractivity contribution < 1.29 is 9.53 Å². The number of H-pyrrole nitrogens is 1. The molecular weight excluding hydrogens is 246 g/mol. The summed E-state index contributed by atoms with van der Waals surface area (Å²) in [5.41, 5.74) is 0.815. The molecular formula is C13H19N3O3. The predicted octanol–water partition coefficient (Wildman–Crippen LogP) is 0.0819. The second kappa shape index (κ2) is 5.97. The second-order valence-electron chi connectivity index (χ2n) is 4.93. The summed E-state index contributed by atoms with van der Waals surface area (Å²) < 4.78 is 5.24. The van der Waals surface area contributed by atoms with Crippen molar-refractivity contribution in [3.8, 4) is 0 Å². The molecule has 0 bridgehead atoms. The van der Waals surface area contributed by atoms with Crippen LogP contribution in [0.15, 0.2) is 4.79 Å². The second-order valence-corrected chi connectivity index (χ2v) is 4.93. The van der Waals surface area contributed by atoms with Gasteiger partial charge in [0.2, 0.25) is 5.91 Å². The molecule has 104 valence electrons. The molecule has 0 aliphatic carbocycles. The van der Waals surface area contributed by atoms with E-state index in [0.717, 1.165) is 13.0 Å². The first-order chi connectivity index (χ1) is 9.06. The quantitative estimate of drug-likeness (QED) is 0.807. The minimum absolute atomic E-state index is 0.0715.